The van der Waals surface area contributed by atoms with E-state index < -0.39 is 0 Å². The summed E-state index contributed by atoms with van der Waals surface area (Å²) in [5.41, 5.74) is 2.11. The number of hydrogen-bond acceptors (Lipinski definition) is 4. The number of rotatable bonds is 6. The van der Waals surface area contributed by atoms with E-state index in [1.807, 2.05) is 31.2 Å². The fourth-order valence-electron chi connectivity index (χ4n) is 2.38. The molecule has 3 amide bonds. The summed E-state index contributed by atoms with van der Waals surface area (Å²) in [4.78, 5) is 25.9. The van der Waals surface area contributed by atoms with Gasteiger partial charge in [-0.1, -0.05) is 46.0 Å². The Hall–Kier alpha value is -1.38. The van der Waals surface area contributed by atoms with Gasteiger partial charge in [-0.15, -0.1) is 0 Å². The molecule has 0 radical (unpaired) electrons. The molecule has 1 aromatic rings. The molecular weight excluding hydrogens is 422 g/mol. The zero-order valence-corrected chi connectivity index (χ0v) is 17.3. The number of thioether (sulfide) groups is 1. The number of urea groups is 1. The quantitative estimate of drug-likeness (QED) is 0.523. The van der Waals surface area contributed by atoms with Gasteiger partial charge < -0.3 is 15.5 Å². The van der Waals surface area contributed by atoms with Crippen molar-refractivity contribution in [1.82, 2.24) is 15.5 Å². The Balaban J connectivity index is 2.06. The topological polar surface area (TPSA) is 61.4 Å². The molecule has 0 saturated carbocycles. The Morgan fingerprint density at radius 2 is 2.24 bits per heavy atom. The van der Waals surface area contributed by atoms with Gasteiger partial charge in [0.15, 0.2) is 0 Å². The molecule has 1 aliphatic heterocycles. The smallest absolute Gasteiger partial charge is 0.317 e. The first-order chi connectivity index (χ1) is 11.9. The summed E-state index contributed by atoms with van der Waals surface area (Å²) >= 11 is 9.78. The first-order valence-electron chi connectivity index (χ1n) is 7.93. The van der Waals surface area contributed by atoms with E-state index >= 15 is 0 Å². The number of nitrogens with zero attached hydrogens (tertiary/aromatic N) is 1. The molecule has 1 fully saturated rings. The summed E-state index contributed by atoms with van der Waals surface area (Å²) in [5, 5.41) is 5.41. The van der Waals surface area contributed by atoms with Crippen molar-refractivity contribution in [2.24, 2.45) is 0 Å². The minimum absolute atomic E-state index is 0.0619. The zero-order chi connectivity index (χ0) is 18.4. The second-order valence-electron chi connectivity index (χ2n) is 5.56. The SMILES string of the molecule is CCNC(=O)N(C)CCCc1ccc(Br)cc1/C=C1\SC(=S)NC1=O. The normalized spacial score (nSPS) is 15.4. The van der Waals surface area contributed by atoms with E-state index in [1.54, 1.807) is 11.9 Å². The molecule has 1 aliphatic rings. The summed E-state index contributed by atoms with van der Waals surface area (Å²) < 4.78 is 1.44. The van der Waals surface area contributed by atoms with Gasteiger partial charge in [0.05, 0.1) is 4.91 Å². The molecule has 0 bridgehead atoms. The fraction of sp³-hybridized carbons (Fsp3) is 0.353. The Morgan fingerprint density at radius 3 is 2.88 bits per heavy atom. The highest BCUT2D eigenvalue weighted by atomic mass is 79.9. The van der Waals surface area contributed by atoms with Crippen LogP contribution in [-0.4, -0.2) is 41.3 Å². The van der Waals surface area contributed by atoms with Gasteiger partial charge in [-0.3, -0.25) is 4.79 Å². The highest BCUT2D eigenvalue weighted by Crippen LogP contribution is 2.28. The fourth-order valence-corrected chi connectivity index (χ4v) is 3.80. The van der Waals surface area contributed by atoms with Crippen LogP contribution in [0.1, 0.15) is 24.5 Å². The van der Waals surface area contributed by atoms with Gasteiger partial charge in [0.25, 0.3) is 5.91 Å². The zero-order valence-electron chi connectivity index (χ0n) is 14.1. The van der Waals surface area contributed by atoms with Gasteiger partial charge in [0, 0.05) is 24.6 Å². The predicted molar refractivity (Wildman–Crippen MR) is 110 cm³/mol. The van der Waals surface area contributed by atoms with Crippen LogP contribution in [0.5, 0.6) is 0 Å². The number of thiocarbonyl (C=S) groups is 1. The second-order valence-corrected chi connectivity index (χ2v) is 8.19. The van der Waals surface area contributed by atoms with Crippen LogP contribution < -0.4 is 10.6 Å². The maximum atomic E-state index is 11.9. The summed E-state index contributed by atoms with van der Waals surface area (Å²) in [7, 11) is 1.79. The van der Waals surface area contributed by atoms with E-state index in [9.17, 15) is 9.59 Å². The van der Waals surface area contributed by atoms with Crippen LogP contribution in [0.15, 0.2) is 27.6 Å². The Kier molecular flexibility index (Phi) is 7.46. The van der Waals surface area contributed by atoms with Crippen molar-refractivity contribution in [2.75, 3.05) is 20.1 Å². The van der Waals surface area contributed by atoms with Crippen LogP contribution >= 0.6 is 39.9 Å². The molecule has 0 atom stereocenters. The second kappa shape index (κ2) is 9.35. The number of nitrogens with one attached hydrogen (secondary N) is 2. The molecule has 134 valence electrons. The van der Waals surface area contributed by atoms with Crippen LogP contribution in [0.3, 0.4) is 0 Å². The number of benzene rings is 1. The molecule has 25 heavy (non-hydrogen) atoms. The van der Waals surface area contributed by atoms with E-state index in [0.29, 0.717) is 22.3 Å². The van der Waals surface area contributed by atoms with E-state index in [4.69, 9.17) is 12.2 Å². The van der Waals surface area contributed by atoms with Crippen molar-refractivity contribution in [3.63, 3.8) is 0 Å². The van der Waals surface area contributed by atoms with Crippen LogP contribution in [0.2, 0.25) is 0 Å². The molecule has 0 aliphatic carbocycles. The molecule has 1 saturated heterocycles. The standard InChI is InChI=1S/C17H20BrN3O2S2/c1-3-19-16(23)21(2)8-4-5-11-6-7-13(18)9-12(11)10-14-15(22)20-17(24)25-14/h6-7,9-10H,3-5,8H2,1-2H3,(H,19,23)(H,20,22,24)/b14-10-. The van der Waals surface area contributed by atoms with Crippen molar-refractivity contribution >= 4 is 62.2 Å². The first-order valence-corrected chi connectivity index (χ1v) is 9.94. The molecule has 0 unspecified atom stereocenters. The predicted octanol–water partition coefficient (Wildman–Crippen LogP) is 3.53. The van der Waals surface area contributed by atoms with Crippen LogP contribution in [0.4, 0.5) is 4.79 Å². The molecule has 0 spiro atoms. The van der Waals surface area contributed by atoms with Gasteiger partial charge in [-0.2, -0.15) is 0 Å². The monoisotopic (exact) mass is 441 g/mol. The number of carbonyl (C=O) groups excluding carboxylic acids is 2. The maximum absolute atomic E-state index is 11.9. The molecule has 8 heteroatoms. The summed E-state index contributed by atoms with van der Waals surface area (Å²) in [6.07, 6.45) is 3.52. The molecule has 5 nitrogen and oxygen atoms in total. The molecule has 0 aromatic heterocycles. The van der Waals surface area contributed by atoms with E-state index in [2.05, 4.69) is 26.6 Å². The lowest BCUT2D eigenvalue weighted by molar-refractivity contribution is -0.115. The summed E-state index contributed by atoms with van der Waals surface area (Å²) in [6, 6.07) is 5.95. The lowest BCUT2D eigenvalue weighted by atomic mass is 10.0. The van der Waals surface area contributed by atoms with E-state index in [1.165, 1.54) is 11.8 Å². The Bertz CT molecular complexity index is 722. The highest BCUT2D eigenvalue weighted by Gasteiger charge is 2.22. The van der Waals surface area contributed by atoms with Crippen molar-refractivity contribution in [3.05, 3.63) is 38.7 Å². The first kappa shape index (κ1) is 19.9. The van der Waals surface area contributed by atoms with Crippen molar-refractivity contribution in [2.45, 2.75) is 19.8 Å². The average Bonchev–Trinajstić information content (AvgIpc) is 2.87. The molecular formula is C17H20BrN3O2S2. The third kappa shape index (κ3) is 5.83. The van der Waals surface area contributed by atoms with Gasteiger partial charge in [-0.25, -0.2) is 4.79 Å². The lowest BCUT2D eigenvalue weighted by Gasteiger charge is -2.17. The van der Waals surface area contributed by atoms with Gasteiger partial charge in [-0.05, 0) is 49.1 Å². The lowest BCUT2D eigenvalue weighted by Crippen LogP contribution is -2.37. The Morgan fingerprint density at radius 1 is 1.48 bits per heavy atom. The average molecular weight is 442 g/mol. The number of halogens is 1. The highest BCUT2D eigenvalue weighted by molar-refractivity contribution is 9.10. The summed E-state index contributed by atoms with van der Waals surface area (Å²) in [5.74, 6) is -0.156. The number of hydrogen-bond donors (Lipinski definition) is 2. The van der Waals surface area contributed by atoms with Crippen LogP contribution in [-0.2, 0) is 11.2 Å². The van der Waals surface area contributed by atoms with Gasteiger partial charge in [0.1, 0.15) is 4.32 Å². The third-order valence-electron chi connectivity index (χ3n) is 3.65. The molecule has 2 N–H and O–H groups in total. The number of amides is 3. The maximum Gasteiger partial charge on any atom is 0.317 e. The third-order valence-corrected chi connectivity index (χ3v) is 5.31. The largest absolute Gasteiger partial charge is 0.338 e. The minimum atomic E-state index is -0.156. The molecule has 1 aromatic carbocycles. The van der Waals surface area contributed by atoms with Crippen molar-refractivity contribution < 1.29 is 9.59 Å². The van der Waals surface area contributed by atoms with Crippen LogP contribution in [0.25, 0.3) is 6.08 Å². The summed E-state index contributed by atoms with van der Waals surface area (Å²) in [6.45, 7) is 3.18. The van der Waals surface area contributed by atoms with E-state index in [-0.39, 0.29) is 11.9 Å². The number of aryl methyl sites for hydroxylation is 1. The minimum Gasteiger partial charge on any atom is -0.338 e. The molecule has 2 rings (SSSR count). The van der Waals surface area contributed by atoms with Crippen molar-refractivity contribution in [1.29, 1.82) is 0 Å². The van der Waals surface area contributed by atoms with Crippen molar-refractivity contribution in [3.8, 4) is 0 Å². The van der Waals surface area contributed by atoms with E-state index in [0.717, 1.165) is 28.4 Å². The van der Waals surface area contributed by atoms with Gasteiger partial charge in [0.2, 0.25) is 0 Å². The molecule has 1 heterocycles. The van der Waals surface area contributed by atoms with Crippen LogP contribution in [0, 0.1) is 0 Å². The Labute approximate surface area is 165 Å². The number of carbonyl (C=O) groups is 2. The van der Waals surface area contributed by atoms with Gasteiger partial charge >= 0.3 is 6.03 Å².